The van der Waals surface area contributed by atoms with Crippen molar-refractivity contribution >= 4 is 17.6 Å². The first-order valence-corrected chi connectivity index (χ1v) is 5.69. The first kappa shape index (κ1) is 12.8. The molecule has 0 aromatic heterocycles. The Hall–Kier alpha value is -1.28. The van der Waals surface area contributed by atoms with E-state index in [1.165, 1.54) is 0 Å². The van der Waals surface area contributed by atoms with Gasteiger partial charge in [0.15, 0.2) is 0 Å². The molecule has 0 fully saturated rings. The Morgan fingerprint density at radius 3 is 2.62 bits per heavy atom. The van der Waals surface area contributed by atoms with Crippen LogP contribution in [0.3, 0.4) is 0 Å². The molecule has 0 aliphatic heterocycles. The van der Waals surface area contributed by atoms with E-state index in [2.05, 4.69) is 13.0 Å². The second-order valence-electron chi connectivity index (χ2n) is 3.31. The lowest BCUT2D eigenvalue weighted by Crippen LogP contribution is -2.05. The molecule has 1 aromatic rings. The summed E-state index contributed by atoms with van der Waals surface area (Å²) in [6.07, 6.45) is 5.82. The van der Waals surface area contributed by atoms with Crippen LogP contribution in [0.2, 0.25) is 5.02 Å². The molecule has 3 heteroatoms. The Balaban J connectivity index is 2.35. The highest BCUT2D eigenvalue weighted by Gasteiger charge is 2.05. The predicted octanol–water partition coefficient (Wildman–Crippen LogP) is 3.85. The van der Waals surface area contributed by atoms with Gasteiger partial charge in [0.05, 0.1) is 12.2 Å². The SMILES string of the molecule is CC/C=C\CCOC(=O)c1ccc(Cl)cc1. The molecule has 0 saturated carbocycles. The Morgan fingerprint density at radius 2 is 2.00 bits per heavy atom. The number of carbonyl (C=O) groups is 1. The van der Waals surface area contributed by atoms with E-state index in [1.807, 2.05) is 6.08 Å². The number of esters is 1. The standard InChI is InChI=1S/C13H15ClO2/c1-2-3-4-5-10-16-13(15)11-6-8-12(14)9-7-11/h3-4,6-9H,2,5,10H2,1H3/b4-3-. The maximum absolute atomic E-state index is 11.5. The molecule has 2 nitrogen and oxygen atoms in total. The molecule has 0 atom stereocenters. The highest BCUT2D eigenvalue weighted by atomic mass is 35.5. The first-order valence-electron chi connectivity index (χ1n) is 5.31. The van der Waals surface area contributed by atoms with Gasteiger partial charge < -0.3 is 4.74 Å². The van der Waals surface area contributed by atoms with Gasteiger partial charge in [-0.1, -0.05) is 30.7 Å². The number of hydrogen-bond acceptors (Lipinski definition) is 2. The molecular weight excluding hydrogens is 224 g/mol. The van der Waals surface area contributed by atoms with Crippen LogP contribution in [-0.2, 0) is 4.74 Å². The average Bonchev–Trinajstić information content (AvgIpc) is 2.29. The lowest BCUT2D eigenvalue weighted by atomic mass is 10.2. The van der Waals surface area contributed by atoms with Crippen LogP contribution in [0.1, 0.15) is 30.1 Å². The minimum atomic E-state index is -0.304. The molecule has 1 rings (SSSR count). The second kappa shape index (κ2) is 7.07. The van der Waals surface area contributed by atoms with Crippen LogP contribution in [0.4, 0.5) is 0 Å². The lowest BCUT2D eigenvalue weighted by molar-refractivity contribution is 0.0511. The normalized spacial score (nSPS) is 10.6. The van der Waals surface area contributed by atoms with E-state index in [1.54, 1.807) is 24.3 Å². The third-order valence-electron chi connectivity index (χ3n) is 2.00. The third kappa shape index (κ3) is 4.49. The molecule has 0 aliphatic carbocycles. The Kier molecular flexibility index (Phi) is 5.65. The van der Waals surface area contributed by atoms with E-state index in [0.717, 1.165) is 12.8 Å². The van der Waals surface area contributed by atoms with Crippen molar-refractivity contribution in [2.24, 2.45) is 0 Å². The van der Waals surface area contributed by atoms with Crippen molar-refractivity contribution < 1.29 is 9.53 Å². The van der Waals surface area contributed by atoms with Gasteiger partial charge in [-0.2, -0.15) is 0 Å². The maximum atomic E-state index is 11.5. The van der Waals surface area contributed by atoms with Crippen LogP contribution in [0.5, 0.6) is 0 Å². The van der Waals surface area contributed by atoms with Gasteiger partial charge in [0, 0.05) is 5.02 Å². The molecule has 0 N–H and O–H groups in total. The van der Waals surface area contributed by atoms with Crippen molar-refractivity contribution in [2.45, 2.75) is 19.8 Å². The summed E-state index contributed by atoms with van der Waals surface area (Å²) in [7, 11) is 0. The zero-order valence-corrected chi connectivity index (χ0v) is 10.0. The Morgan fingerprint density at radius 1 is 1.31 bits per heavy atom. The monoisotopic (exact) mass is 238 g/mol. The van der Waals surface area contributed by atoms with E-state index in [9.17, 15) is 4.79 Å². The van der Waals surface area contributed by atoms with Gasteiger partial charge in [-0.25, -0.2) is 4.79 Å². The fraction of sp³-hybridized carbons (Fsp3) is 0.308. The van der Waals surface area contributed by atoms with E-state index < -0.39 is 0 Å². The van der Waals surface area contributed by atoms with Crippen LogP contribution in [0, 0.1) is 0 Å². The molecule has 0 amide bonds. The third-order valence-corrected chi connectivity index (χ3v) is 2.25. The van der Waals surface area contributed by atoms with Gasteiger partial charge in [-0.05, 0) is 37.1 Å². The minimum absolute atomic E-state index is 0.304. The van der Waals surface area contributed by atoms with Crippen molar-refractivity contribution in [3.05, 3.63) is 47.0 Å². The summed E-state index contributed by atoms with van der Waals surface area (Å²) in [6.45, 7) is 2.48. The summed E-state index contributed by atoms with van der Waals surface area (Å²) in [4.78, 5) is 11.5. The first-order chi connectivity index (χ1) is 7.74. The van der Waals surface area contributed by atoms with Crippen molar-refractivity contribution in [1.82, 2.24) is 0 Å². The van der Waals surface area contributed by atoms with E-state index >= 15 is 0 Å². The van der Waals surface area contributed by atoms with E-state index in [4.69, 9.17) is 16.3 Å². The van der Waals surface area contributed by atoms with Crippen molar-refractivity contribution in [3.8, 4) is 0 Å². The smallest absolute Gasteiger partial charge is 0.338 e. The van der Waals surface area contributed by atoms with Gasteiger partial charge in [0.1, 0.15) is 0 Å². The van der Waals surface area contributed by atoms with Gasteiger partial charge in [0.25, 0.3) is 0 Å². The van der Waals surface area contributed by atoms with Gasteiger partial charge in [-0.3, -0.25) is 0 Å². The molecule has 0 bridgehead atoms. The number of carbonyl (C=O) groups excluding carboxylic acids is 1. The highest BCUT2D eigenvalue weighted by Crippen LogP contribution is 2.10. The van der Waals surface area contributed by atoms with Gasteiger partial charge in [-0.15, -0.1) is 0 Å². The molecule has 86 valence electrons. The zero-order valence-electron chi connectivity index (χ0n) is 9.28. The lowest BCUT2D eigenvalue weighted by Gasteiger charge is -2.02. The molecule has 0 radical (unpaired) electrons. The predicted molar refractivity (Wildman–Crippen MR) is 65.8 cm³/mol. The molecule has 0 aliphatic rings. The fourth-order valence-electron chi connectivity index (χ4n) is 1.17. The minimum Gasteiger partial charge on any atom is -0.462 e. The number of halogens is 1. The molecule has 1 aromatic carbocycles. The molecule has 16 heavy (non-hydrogen) atoms. The number of hydrogen-bond donors (Lipinski definition) is 0. The molecule has 0 saturated heterocycles. The van der Waals surface area contributed by atoms with Crippen LogP contribution in [0.25, 0.3) is 0 Å². The summed E-state index contributed by atoms with van der Waals surface area (Å²) >= 11 is 5.72. The summed E-state index contributed by atoms with van der Waals surface area (Å²) < 4.78 is 5.08. The molecule has 0 unspecified atom stereocenters. The summed E-state index contributed by atoms with van der Waals surface area (Å²) in [5.74, 6) is -0.304. The summed E-state index contributed by atoms with van der Waals surface area (Å²) in [5, 5.41) is 0.613. The van der Waals surface area contributed by atoms with E-state index in [0.29, 0.717) is 17.2 Å². The second-order valence-corrected chi connectivity index (χ2v) is 3.75. The number of allylic oxidation sites excluding steroid dienone is 1. The summed E-state index contributed by atoms with van der Waals surface area (Å²) in [5.41, 5.74) is 0.531. The van der Waals surface area contributed by atoms with Crippen LogP contribution in [-0.4, -0.2) is 12.6 Å². The van der Waals surface area contributed by atoms with Gasteiger partial charge in [0.2, 0.25) is 0 Å². The van der Waals surface area contributed by atoms with Crippen molar-refractivity contribution in [2.75, 3.05) is 6.61 Å². The molecule has 0 spiro atoms. The average molecular weight is 239 g/mol. The van der Waals surface area contributed by atoms with Crippen molar-refractivity contribution in [1.29, 1.82) is 0 Å². The number of benzene rings is 1. The number of ether oxygens (including phenoxy) is 1. The fourth-order valence-corrected chi connectivity index (χ4v) is 1.30. The zero-order chi connectivity index (χ0) is 11.8. The van der Waals surface area contributed by atoms with Crippen LogP contribution in [0.15, 0.2) is 36.4 Å². The largest absolute Gasteiger partial charge is 0.462 e. The number of rotatable bonds is 5. The Labute approximate surface area is 101 Å². The van der Waals surface area contributed by atoms with E-state index in [-0.39, 0.29) is 5.97 Å². The Bertz CT molecular complexity index is 355. The van der Waals surface area contributed by atoms with Crippen LogP contribution < -0.4 is 0 Å². The molecule has 0 heterocycles. The quantitative estimate of drug-likeness (QED) is 0.442. The molecular formula is C13H15ClO2. The summed E-state index contributed by atoms with van der Waals surface area (Å²) in [6, 6.07) is 6.67. The van der Waals surface area contributed by atoms with Crippen LogP contribution >= 0.6 is 11.6 Å². The topological polar surface area (TPSA) is 26.3 Å². The van der Waals surface area contributed by atoms with Gasteiger partial charge >= 0.3 is 5.97 Å². The maximum Gasteiger partial charge on any atom is 0.338 e. The highest BCUT2D eigenvalue weighted by molar-refractivity contribution is 6.30. The van der Waals surface area contributed by atoms with Crippen molar-refractivity contribution in [3.63, 3.8) is 0 Å².